The van der Waals surface area contributed by atoms with Crippen molar-refractivity contribution in [3.8, 4) is 11.5 Å². The summed E-state index contributed by atoms with van der Waals surface area (Å²) in [6.45, 7) is 0. The van der Waals surface area contributed by atoms with Crippen LogP contribution in [0, 0.1) is 11.6 Å². The van der Waals surface area contributed by atoms with Gasteiger partial charge in [-0.15, -0.1) is 12.4 Å². The number of carbonyl (C=O) groups excluding carboxylic acids is 2. The van der Waals surface area contributed by atoms with Crippen LogP contribution in [0.1, 0.15) is 22.1 Å². The molecule has 0 aliphatic heterocycles. The Hall–Kier alpha value is -3.26. The number of halogens is 3. The molecule has 0 saturated carbocycles. The minimum atomic E-state index is -1.36. The van der Waals surface area contributed by atoms with E-state index >= 15 is 0 Å². The van der Waals surface area contributed by atoms with Crippen LogP contribution < -0.4 is 10.6 Å². The molecule has 2 aromatic carbocycles. The molecule has 1 aromatic heterocycles. The van der Waals surface area contributed by atoms with Crippen molar-refractivity contribution in [3.05, 3.63) is 77.7 Å². The van der Waals surface area contributed by atoms with Crippen molar-refractivity contribution >= 4 is 24.2 Å². The molecule has 3 aromatic rings. The summed E-state index contributed by atoms with van der Waals surface area (Å²) in [5.41, 5.74) is 0.421. The highest BCUT2D eigenvalue weighted by molar-refractivity contribution is 5.96. The van der Waals surface area contributed by atoms with Gasteiger partial charge in [-0.2, -0.15) is 0 Å². The van der Waals surface area contributed by atoms with Crippen molar-refractivity contribution < 1.29 is 22.8 Å². The topological polar surface area (TPSA) is 84.2 Å². The van der Waals surface area contributed by atoms with E-state index in [-0.39, 0.29) is 29.6 Å². The van der Waals surface area contributed by atoms with Crippen LogP contribution in [-0.4, -0.2) is 23.8 Å². The summed E-state index contributed by atoms with van der Waals surface area (Å²) < 4.78 is 32.5. The van der Waals surface area contributed by atoms with Crippen LogP contribution in [0.15, 0.2) is 59.2 Å². The lowest BCUT2D eigenvalue weighted by Gasteiger charge is -2.17. The Labute approximate surface area is 165 Å². The maximum atomic E-state index is 14.1. The molecule has 1 heterocycles. The Bertz CT molecular complexity index is 980. The van der Waals surface area contributed by atoms with Gasteiger partial charge in [0.05, 0.1) is 0 Å². The highest BCUT2D eigenvalue weighted by Gasteiger charge is 2.26. The van der Waals surface area contributed by atoms with Gasteiger partial charge in [-0.05, 0) is 18.2 Å². The number of amides is 2. The maximum absolute atomic E-state index is 14.1. The molecule has 0 saturated heterocycles. The van der Waals surface area contributed by atoms with Gasteiger partial charge < -0.3 is 15.1 Å². The Morgan fingerprint density at radius 3 is 2.46 bits per heavy atom. The van der Waals surface area contributed by atoms with Gasteiger partial charge in [0.15, 0.2) is 5.69 Å². The molecule has 1 atom stereocenters. The molecule has 0 radical (unpaired) electrons. The van der Waals surface area contributed by atoms with E-state index in [9.17, 15) is 18.4 Å². The number of nitrogens with one attached hydrogen (secondary N) is 2. The van der Waals surface area contributed by atoms with Gasteiger partial charge >= 0.3 is 0 Å². The van der Waals surface area contributed by atoms with E-state index < -0.39 is 29.5 Å². The Morgan fingerprint density at radius 1 is 1.11 bits per heavy atom. The van der Waals surface area contributed by atoms with Gasteiger partial charge in [0, 0.05) is 24.2 Å². The monoisotopic (exact) mass is 407 g/mol. The summed E-state index contributed by atoms with van der Waals surface area (Å²) in [6.07, 6.45) is 1.14. The smallest absolute Gasteiger partial charge is 0.274 e. The molecule has 9 heteroatoms. The first-order valence-electron chi connectivity index (χ1n) is 7.98. The fourth-order valence-corrected chi connectivity index (χ4v) is 2.46. The number of hydrogen-bond acceptors (Lipinski definition) is 4. The normalized spacial score (nSPS) is 11.2. The molecule has 146 valence electrons. The van der Waals surface area contributed by atoms with Gasteiger partial charge in [-0.25, -0.2) is 13.8 Å². The van der Waals surface area contributed by atoms with E-state index in [2.05, 4.69) is 15.6 Å². The molecule has 6 nitrogen and oxygen atoms in total. The van der Waals surface area contributed by atoms with Crippen LogP contribution in [0.2, 0.25) is 0 Å². The standard InChI is InChI=1S/C19H15F2N3O3.ClH/c1-22-18(26)16(13-8-7-12(20)9-14(13)21)24-17(25)15-10-27-19(23-15)11-5-3-2-4-6-11;/h2-10,16H,1H3,(H,22,26)(H,24,25);1H. The lowest BCUT2D eigenvalue weighted by molar-refractivity contribution is -0.122. The SMILES string of the molecule is CNC(=O)C(NC(=O)c1coc(-c2ccccc2)n1)c1ccc(F)cc1F.Cl. The second-order valence-corrected chi connectivity index (χ2v) is 5.59. The van der Waals surface area contributed by atoms with Crippen LogP contribution in [0.5, 0.6) is 0 Å². The van der Waals surface area contributed by atoms with Gasteiger partial charge in [0.25, 0.3) is 5.91 Å². The van der Waals surface area contributed by atoms with Crippen LogP contribution >= 0.6 is 12.4 Å². The third kappa shape index (κ3) is 4.52. The minimum absolute atomic E-state index is 0. The van der Waals surface area contributed by atoms with Gasteiger partial charge in [-0.1, -0.05) is 24.3 Å². The number of aromatic nitrogens is 1. The average molecular weight is 408 g/mol. The van der Waals surface area contributed by atoms with Crippen LogP contribution in [-0.2, 0) is 4.79 Å². The second-order valence-electron chi connectivity index (χ2n) is 5.59. The first kappa shape index (κ1) is 21.0. The lowest BCUT2D eigenvalue weighted by atomic mass is 10.0. The average Bonchev–Trinajstić information content (AvgIpc) is 3.17. The number of carbonyl (C=O) groups is 2. The summed E-state index contributed by atoms with van der Waals surface area (Å²) in [5.74, 6) is -2.92. The number of nitrogens with zero attached hydrogens (tertiary/aromatic N) is 1. The second kappa shape index (κ2) is 9.09. The number of hydrogen-bond donors (Lipinski definition) is 2. The van der Waals surface area contributed by atoms with Crippen LogP contribution in [0.4, 0.5) is 8.78 Å². The van der Waals surface area contributed by atoms with E-state index in [1.807, 2.05) is 6.07 Å². The predicted molar refractivity (Wildman–Crippen MR) is 99.8 cm³/mol. The third-order valence-corrected chi connectivity index (χ3v) is 3.82. The van der Waals surface area contributed by atoms with Gasteiger partial charge in [-0.3, -0.25) is 9.59 Å². The number of rotatable bonds is 5. The number of benzene rings is 2. The van der Waals surface area contributed by atoms with Crippen molar-refractivity contribution in [2.45, 2.75) is 6.04 Å². The molecule has 0 aliphatic rings. The largest absolute Gasteiger partial charge is 0.444 e. The van der Waals surface area contributed by atoms with E-state index in [0.29, 0.717) is 11.6 Å². The molecule has 1 unspecified atom stereocenters. The van der Waals surface area contributed by atoms with Gasteiger partial charge in [0.2, 0.25) is 11.8 Å². The Kier molecular flexibility index (Phi) is 6.84. The predicted octanol–water partition coefficient (Wildman–Crippen LogP) is 3.26. The van der Waals surface area contributed by atoms with Crippen molar-refractivity contribution in [1.29, 1.82) is 0 Å². The molecular formula is C19H16ClF2N3O3. The number of likely N-dealkylation sites (N-methyl/N-ethyl adjacent to an activating group) is 1. The van der Waals surface area contributed by atoms with Crippen molar-refractivity contribution in [3.63, 3.8) is 0 Å². The molecule has 0 fully saturated rings. The van der Waals surface area contributed by atoms with E-state index in [1.165, 1.54) is 7.05 Å². The first-order valence-corrected chi connectivity index (χ1v) is 7.98. The summed E-state index contributed by atoms with van der Waals surface area (Å²) in [5, 5.41) is 4.72. The molecular weight excluding hydrogens is 392 g/mol. The Balaban J connectivity index is 0.00000280. The van der Waals surface area contributed by atoms with E-state index in [1.54, 1.807) is 24.3 Å². The number of oxazole rings is 1. The zero-order chi connectivity index (χ0) is 19.4. The molecule has 28 heavy (non-hydrogen) atoms. The van der Waals surface area contributed by atoms with Crippen molar-refractivity contribution in [2.75, 3.05) is 7.05 Å². The lowest BCUT2D eigenvalue weighted by Crippen LogP contribution is -2.39. The zero-order valence-corrected chi connectivity index (χ0v) is 15.4. The molecule has 0 bridgehead atoms. The fraction of sp³-hybridized carbons (Fsp3) is 0.105. The molecule has 0 aliphatic carbocycles. The third-order valence-electron chi connectivity index (χ3n) is 3.82. The summed E-state index contributed by atoms with van der Waals surface area (Å²) >= 11 is 0. The summed E-state index contributed by atoms with van der Waals surface area (Å²) in [7, 11) is 1.34. The van der Waals surface area contributed by atoms with Gasteiger partial charge in [0.1, 0.15) is 23.9 Å². The van der Waals surface area contributed by atoms with E-state index in [4.69, 9.17) is 4.42 Å². The fourth-order valence-electron chi connectivity index (χ4n) is 2.46. The molecule has 0 spiro atoms. The first-order chi connectivity index (χ1) is 13.0. The zero-order valence-electron chi connectivity index (χ0n) is 14.6. The summed E-state index contributed by atoms with van der Waals surface area (Å²) in [4.78, 5) is 28.7. The van der Waals surface area contributed by atoms with Crippen LogP contribution in [0.3, 0.4) is 0 Å². The quantitative estimate of drug-likeness (QED) is 0.680. The van der Waals surface area contributed by atoms with E-state index in [0.717, 1.165) is 18.4 Å². The Morgan fingerprint density at radius 2 is 1.82 bits per heavy atom. The molecule has 2 N–H and O–H groups in total. The highest BCUT2D eigenvalue weighted by Crippen LogP contribution is 2.21. The highest BCUT2D eigenvalue weighted by atomic mass is 35.5. The van der Waals surface area contributed by atoms with Crippen LogP contribution in [0.25, 0.3) is 11.5 Å². The maximum Gasteiger partial charge on any atom is 0.274 e. The van der Waals surface area contributed by atoms with Crippen molar-refractivity contribution in [1.82, 2.24) is 15.6 Å². The molecule has 2 amide bonds. The summed E-state index contributed by atoms with van der Waals surface area (Å²) in [6, 6.07) is 10.3. The van der Waals surface area contributed by atoms with Crippen molar-refractivity contribution in [2.24, 2.45) is 0 Å². The molecule has 3 rings (SSSR count). The minimum Gasteiger partial charge on any atom is -0.444 e.